The molecule has 0 saturated carbocycles. The van der Waals surface area contributed by atoms with Gasteiger partial charge in [0.25, 0.3) is 0 Å². The number of fused-ring (bicyclic) bond motifs is 1. The van der Waals surface area contributed by atoms with Crippen LogP contribution in [-0.4, -0.2) is 44.6 Å². The summed E-state index contributed by atoms with van der Waals surface area (Å²) in [7, 11) is -3.44. The summed E-state index contributed by atoms with van der Waals surface area (Å²) in [5, 5.41) is 0. The molecule has 1 aromatic carbocycles. The largest absolute Gasteiger partial charge is 0.490 e. The second kappa shape index (κ2) is 6.32. The van der Waals surface area contributed by atoms with Gasteiger partial charge in [-0.05, 0) is 62.3 Å². The van der Waals surface area contributed by atoms with E-state index in [9.17, 15) is 8.42 Å². The molecule has 0 N–H and O–H groups in total. The first-order chi connectivity index (χ1) is 11.6. The zero-order chi connectivity index (χ0) is 16.7. The molecule has 2 unspecified atom stereocenters. The molecule has 3 heterocycles. The SMILES string of the molecule is CC1Cc2cc(S(=O)(=O)N3CCCC3C3CCOCC3)ccc2O1. The maximum atomic E-state index is 13.2. The fraction of sp³-hybridized carbons (Fsp3) is 0.667. The summed E-state index contributed by atoms with van der Waals surface area (Å²) in [6.07, 6.45) is 4.75. The van der Waals surface area contributed by atoms with Crippen molar-refractivity contribution >= 4 is 10.0 Å². The second-order valence-electron chi connectivity index (χ2n) is 7.18. The van der Waals surface area contributed by atoms with E-state index in [2.05, 4.69) is 0 Å². The van der Waals surface area contributed by atoms with Gasteiger partial charge in [0.05, 0.1) is 4.90 Å². The van der Waals surface area contributed by atoms with E-state index in [-0.39, 0.29) is 12.1 Å². The predicted octanol–water partition coefficient (Wildman–Crippen LogP) is 2.59. The molecule has 0 aliphatic carbocycles. The molecule has 0 bridgehead atoms. The topological polar surface area (TPSA) is 55.8 Å². The van der Waals surface area contributed by atoms with Crippen molar-refractivity contribution in [1.82, 2.24) is 4.31 Å². The quantitative estimate of drug-likeness (QED) is 0.840. The first-order valence-corrected chi connectivity index (χ1v) is 10.4. The molecule has 24 heavy (non-hydrogen) atoms. The van der Waals surface area contributed by atoms with Crippen molar-refractivity contribution in [3.63, 3.8) is 0 Å². The van der Waals surface area contributed by atoms with Gasteiger partial charge in [-0.1, -0.05) is 0 Å². The monoisotopic (exact) mass is 351 g/mol. The third-order valence-electron chi connectivity index (χ3n) is 5.53. The van der Waals surface area contributed by atoms with Gasteiger partial charge in [0.2, 0.25) is 10.0 Å². The Morgan fingerprint density at radius 2 is 1.96 bits per heavy atom. The van der Waals surface area contributed by atoms with Crippen LogP contribution in [-0.2, 0) is 21.2 Å². The highest BCUT2D eigenvalue weighted by Gasteiger charge is 2.40. The predicted molar refractivity (Wildman–Crippen MR) is 90.7 cm³/mol. The van der Waals surface area contributed by atoms with Crippen molar-refractivity contribution in [2.45, 2.75) is 56.1 Å². The van der Waals surface area contributed by atoms with E-state index in [1.54, 1.807) is 10.4 Å². The Morgan fingerprint density at radius 3 is 2.75 bits per heavy atom. The molecule has 0 aromatic heterocycles. The van der Waals surface area contributed by atoms with Gasteiger partial charge < -0.3 is 9.47 Å². The van der Waals surface area contributed by atoms with Gasteiger partial charge >= 0.3 is 0 Å². The highest BCUT2D eigenvalue weighted by molar-refractivity contribution is 7.89. The van der Waals surface area contributed by atoms with Crippen molar-refractivity contribution < 1.29 is 17.9 Å². The Hall–Kier alpha value is -1.11. The van der Waals surface area contributed by atoms with E-state index in [0.29, 0.717) is 17.4 Å². The van der Waals surface area contributed by atoms with Crippen molar-refractivity contribution in [2.24, 2.45) is 5.92 Å². The van der Waals surface area contributed by atoms with Crippen LogP contribution in [0.3, 0.4) is 0 Å². The summed E-state index contributed by atoms with van der Waals surface area (Å²) < 4.78 is 39.3. The van der Waals surface area contributed by atoms with Gasteiger partial charge in [-0.25, -0.2) is 8.42 Å². The van der Waals surface area contributed by atoms with E-state index < -0.39 is 10.0 Å². The van der Waals surface area contributed by atoms with E-state index in [1.807, 2.05) is 19.1 Å². The maximum absolute atomic E-state index is 13.2. The van der Waals surface area contributed by atoms with E-state index in [4.69, 9.17) is 9.47 Å². The molecule has 0 radical (unpaired) electrons. The Bertz CT molecular complexity index is 712. The van der Waals surface area contributed by atoms with Crippen LogP contribution in [0.15, 0.2) is 23.1 Å². The van der Waals surface area contributed by atoms with E-state index in [0.717, 1.165) is 56.6 Å². The number of hydrogen-bond acceptors (Lipinski definition) is 4. The number of hydrogen-bond donors (Lipinski definition) is 0. The molecular formula is C18H25NO4S. The normalized spacial score (nSPS) is 28.7. The lowest BCUT2D eigenvalue weighted by Crippen LogP contribution is -2.41. The lowest BCUT2D eigenvalue weighted by molar-refractivity contribution is 0.0476. The van der Waals surface area contributed by atoms with Crippen LogP contribution in [0.1, 0.15) is 38.2 Å². The molecule has 0 amide bonds. The zero-order valence-corrected chi connectivity index (χ0v) is 14.9. The molecule has 1 aromatic rings. The van der Waals surface area contributed by atoms with Crippen molar-refractivity contribution in [2.75, 3.05) is 19.8 Å². The molecule has 2 fully saturated rings. The zero-order valence-electron chi connectivity index (χ0n) is 14.1. The van der Waals surface area contributed by atoms with Crippen LogP contribution in [0.2, 0.25) is 0 Å². The summed E-state index contributed by atoms with van der Waals surface area (Å²) in [4.78, 5) is 0.415. The molecule has 0 spiro atoms. The van der Waals surface area contributed by atoms with Gasteiger partial charge in [0.1, 0.15) is 11.9 Å². The smallest absolute Gasteiger partial charge is 0.243 e. The summed E-state index contributed by atoms with van der Waals surface area (Å²) in [6, 6.07) is 5.45. The Kier molecular flexibility index (Phi) is 4.31. The highest BCUT2D eigenvalue weighted by Crippen LogP contribution is 2.36. The van der Waals surface area contributed by atoms with Crippen LogP contribution in [0.25, 0.3) is 0 Å². The van der Waals surface area contributed by atoms with Crippen LogP contribution >= 0.6 is 0 Å². The molecule has 2 saturated heterocycles. The number of benzene rings is 1. The fourth-order valence-corrected chi connectivity index (χ4v) is 6.14. The number of nitrogens with zero attached hydrogens (tertiary/aromatic N) is 1. The first-order valence-electron chi connectivity index (χ1n) is 8.95. The summed E-state index contributed by atoms with van der Waals surface area (Å²) >= 11 is 0. The second-order valence-corrected chi connectivity index (χ2v) is 9.07. The summed E-state index contributed by atoms with van der Waals surface area (Å²) in [5.74, 6) is 1.25. The third kappa shape index (κ3) is 2.85. The molecule has 3 aliphatic heterocycles. The third-order valence-corrected chi connectivity index (χ3v) is 7.45. The average molecular weight is 351 g/mol. The van der Waals surface area contributed by atoms with Crippen LogP contribution in [0.5, 0.6) is 5.75 Å². The highest BCUT2D eigenvalue weighted by atomic mass is 32.2. The maximum Gasteiger partial charge on any atom is 0.243 e. The van der Waals surface area contributed by atoms with Gasteiger partial charge in [0.15, 0.2) is 0 Å². The summed E-state index contributed by atoms with van der Waals surface area (Å²) in [5.41, 5.74) is 1.00. The lowest BCUT2D eigenvalue weighted by Gasteiger charge is -2.33. The number of sulfonamides is 1. The van der Waals surface area contributed by atoms with E-state index in [1.165, 1.54) is 0 Å². The molecule has 3 aliphatic rings. The molecular weight excluding hydrogens is 326 g/mol. The summed E-state index contributed by atoms with van der Waals surface area (Å²) in [6.45, 7) is 4.15. The minimum atomic E-state index is -3.44. The average Bonchev–Trinajstić information content (AvgIpc) is 3.20. The standard InChI is InChI=1S/C18H25NO4S/c1-13-11-15-12-16(4-5-18(15)23-13)24(20,21)19-8-2-3-17(19)14-6-9-22-10-7-14/h4-5,12-14,17H,2-3,6-11H2,1H3. The Labute approximate surface area is 144 Å². The molecule has 5 nitrogen and oxygen atoms in total. The molecule has 132 valence electrons. The van der Waals surface area contributed by atoms with Crippen LogP contribution in [0.4, 0.5) is 0 Å². The minimum absolute atomic E-state index is 0.125. The van der Waals surface area contributed by atoms with Crippen molar-refractivity contribution in [3.05, 3.63) is 23.8 Å². The fourth-order valence-electron chi connectivity index (χ4n) is 4.33. The number of ether oxygens (including phenoxy) is 2. The first kappa shape index (κ1) is 16.4. The lowest BCUT2D eigenvalue weighted by atomic mass is 9.91. The molecule has 6 heteroatoms. The van der Waals surface area contributed by atoms with Crippen molar-refractivity contribution in [3.8, 4) is 5.75 Å². The van der Waals surface area contributed by atoms with Gasteiger partial charge in [0, 0.05) is 32.2 Å². The Morgan fingerprint density at radius 1 is 1.17 bits per heavy atom. The molecule has 2 atom stereocenters. The molecule has 4 rings (SSSR count). The number of rotatable bonds is 3. The minimum Gasteiger partial charge on any atom is -0.490 e. The van der Waals surface area contributed by atoms with Gasteiger partial charge in [-0.15, -0.1) is 0 Å². The van der Waals surface area contributed by atoms with E-state index >= 15 is 0 Å². The Balaban J connectivity index is 1.61. The van der Waals surface area contributed by atoms with Crippen LogP contribution in [0, 0.1) is 5.92 Å². The van der Waals surface area contributed by atoms with Crippen molar-refractivity contribution in [1.29, 1.82) is 0 Å². The van der Waals surface area contributed by atoms with Gasteiger partial charge in [-0.3, -0.25) is 0 Å². The van der Waals surface area contributed by atoms with Gasteiger partial charge in [-0.2, -0.15) is 4.31 Å². The van der Waals surface area contributed by atoms with Crippen LogP contribution < -0.4 is 4.74 Å².